The van der Waals surface area contributed by atoms with Crippen LogP contribution in [0.25, 0.3) is 0 Å². The van der Waals surface area contributed by atoms with E-state index in [2.05, 4.69) is 17.2 Å². The lowest BCUT2D eigenvalue weighted by molar-refractivity contribution is 0.155. The van der Waals surface area contributed by atoms with Crippen molar-refractivity contribution >= 4 is 5.96 Å². The van der Waals surface area contributed by atoms with E-state index in [1.165, 1.54) is 0 Å². The summed E-state index contributed by atoms with van der Waals surface area (Å²) in [6.07, 6.45) is 6.20. The summed E-state index contributed by atoms with van der Waals surface area (Å²) in [5.74, 6) is 0.657. The second-order valence-corrected chi connectivity index (χ2v) is 4.96. The van der Waals surface area contributed by atoms with E-state index < -0.39 is 5.66 Å². The summed E-state index contributed by atoms with van der Waals surface area (Å²) in [4.78, 5) is 4.40. The van der Waals surface area contributed by atoms with Crippen LogP contribution in [-0.2, 0) is 4.74 Å². The first kappa shape index (κ1) is 15.0. The molecule has 0 aromatic rings. The van der Waals surface area contributed by atoms with Crippen LogP contribution >= 0.6 is 0 Å². The molecular weight excluding hydrogens is 228 g/mol. The predicted molar refractivity (Wildman–Crippen MR) is 74.9 cm³/mol. The van der Waals surface area contributed by atoms with Gasteiger partial charge in [0.25, 0.3) is 0 Å². The Labute approximate surface area is 110 Å². The van der Waals surface area contributed by atoms with Crippen molar-refractivity contribution in [3.05, 3.63) is 11.8 Å². The molecule has 0 amide bonds. The van der Waals surface area contributed by atoms with Crippen molar-refractivity contribution in [3.63, 3.8) is 0 Å². The van der Waals surface area contributed by atoms with Crippen molar-refractivity contribution in [3.8, 4) is 0 Å². The zero-order chi connectivity index (χ0) is 13.6. The zero-order valence-electron chi connectivity index (χ0n) is 11.7. The summed E-state index contributed by atoms with van der Waals surface area (Å²) < 4.78 is 5.17. The number of nitrogens with two attached hydrogens (primary N) is 2. The summed E-state index contributed by atoms with van der Waals surface area (Å²) in [5, 5.41) is 2.98. The largest absolute Gasteiger partial charge is 0.385 e. The van der Waals surface area contributed by atoms with Crippen molar-refractivity contribution in [2.75, 3.05) is 13.7 Å². The standard InChI is InChI=1S/C13H26N4O/c1-4-5-6-11(7-8-18-3)13(15)9-10(2)16-12(14)17-13/h9,11H,4-8,15H2,1-3H3,(H3,14,16,17). The number of methoxy groups -OCH3 is 1. The van der Waals surface area contributed by atoms with Gasteiger partial charge in [0.2, 0.25) is 0 Å². The summed E-state index contributed by atoms with van der Waals surface area (Å²) in [5.41, 5.74) is 12.5. The van der Waals surface area contributed by atoms with Gasteiger partial charge in [0.05, 0.1) is 0 Å². The lowest BCUT2D eigenvalue weighted by atomic mass is 9.85. The van der Waals surface area contributed by atoms with Gasteiger partial charge in [-0.05, 0) is 25.8 Å². The maximum Gasteiger partial charge on any atom is 0.195 e. The number of nitrogens with one attached hydrogen (secondary N) is 1. The molecule has 1 rings (SSSR count). The van der Waals surface area contributed by atoms with Gasteiger partial charge in [0.1, 0.15) is 5.66 Å². The predicted octanol–water partition coefficient (Wildman–Crippen LogP) is 1.31. The molecule has 0 saturated carbocycles. The van der Waals surface area contributed by atoms with Crippen molar-refractivity contribution < 1.29 is 4.74 Å². The minimum absolute atomic E-state index is 0.257. The molecule has 2 unspecified atom stereocenters. The van der Waals surface area contributed by atoms with Gasteiger partial charge in [0.15, 0.2) is 5.96 Å². The summed E-state index contributed by atoms with van der Waals surface area (Å²) in [6.45, 7) is 4.83. The zero-order valence-corrected chi connectivity index (χ0v) is 11.7. The number of aliphatic imine (C=N–C) groups is 1. The van der Waals surface area contributed by atoms with Crippen LogP contribution in [0.1, 0.15) is 39.5 Å². The Hall–Kier alpha value is -1.07. The third-order valence-corrected chi connectivity index (χ3v) is 3.32. The molecule has 0 bridgehead atoms. The number of rotatable bonds is 7. The first-order chi connectivity index (χ1) is 8.51. The van der Waals surface area contributed by atoms with Crippen LogP contribution < -0.4 is 16.8 Å². The molecule has 1 aliphatic heterocycles. The maximum absolute atomic E-state index is 6.43. The molecule has 0 spiro atoms. The number of allylic oxidation sites excluding steroid dienone is 1. The van der Waals surface area contributed by atoms with Gasteiger partial charge in [-0.15, -0.1) is 0 Å². The highest BCUT2D eigenvalue weighted by molar-refractivity contribution is 5.81. The monoisotopic (exact) mass is 254 g/mol. The molecule has 0 fully saturated rings. The molecule has 2 atom stereocenters. The summed E-state index contributed by atoms with van der Waals surface area (Å²) in [6, 6.07) is 0. The van der Waals surface area contributed by atoms with Gasteiger partial charge in [0, 0.05) is 25.3 Å². The van der Waals surface area contributed by atoms with Gasteiger partial charge in [-0.1, -0.05) is 19.8 Å². The quantitative estimate of drug-likeness (QED) is 0.639. The van der Waals surface area contributed by atoms with Crippen LogP contribution in [0.4, 0.5) is 0 Å². The van der Waals surface area contributed by atoms with E-state index in [0.717, 1.165) is 31.4 Å². The minimum atomic E-state index is -0.701. The minimum Gasteiger partial charge on any atom is -0.385 e. The lowest BCUT2D eigenvalue weighted by Gasteiger charge is -2.35. The van der Waals surface area contributed by atoms with Crippen LogP contribution in [0.15, 0.2) is 16.8 Å². The van der Waals surface area contributed by atoms with E-state index in [9.17, 15) is 0 Å². The van der Waals surface area contributed by atoms with E-state index >= 15 is 0 Å². The molecule has 0 saturated heterocycles. The molecule has 0 aromatic heterocycles. The maximum atomic E-state index is 6.43. The number of ether oxygens (including phenoxy) is 1. The van der Waals surface area contributed by atoms with Crippen molar-refractivity contribution in [1.82, 2.24) is 5.32 Å². The molecule has 5 N–H and O–H groups in total. The highest BCUT2D eigenvalue weighted by atomic mass is 16.5. The Bertz CT molecular complexity index is 299. The topological polar surface area (TPSA) is 85.7 Å². The Morgan fingerprint density at radius 2 is 2.22 bits per heavy atom. The van der Waals surface area contributed by atoms with Gasteiger partial charge in [-0.25, -0.2) is 4.99 Å². The molecule has 0 aliphatic carbocycles. The SMILES string of the molecule is CCCCC(CCOC)C1(N)C=C(C)NC(N)=N1. The first-order valence-corrected chi connectivity index (χ1v) is 6.61. The Kier molecular flexibility index (Phi) is 5.62. The average Bonchev–Trinajstić information content (AvgIpc) is 2.27. The smallest absolute Gasteiger partial charge is 0.195 e. The van der Waals surface area contributed by atoms with E-state index in [-0.39, 0.29) is 5.92 Å². The van der Waals surface area contributed by atoms with E-state index in [4.69, 9.17) is 16.2 Å². The van der Waals surface area contributed by atoms with Crippen LogP contribution in [0.2, 0.25) is 0 Å². The van der Waals surface area contributed by atoms with Crippen LogP contribution in [0, 0.1) is 5.92 Å². The van der Waals surface area contributed by atoms with Gasteiger partial charge >= 0.3 is 0 Å². The van der Waals surface area contributed by atoms with E-state index in [1.54, 1.807) is 7.11 Å². The molecule has 0 aromatic carbocycles. The first-order valence-electron chi connectivity index (χ1n) is 6.61. The fourth-order valence-corrected chi connectivity index (χ4v) is 2.38. The molecule has 104 valence electrons. The molecular formula is C13H26N4O. The highest BCUT2D eigenvalue weighted by Crippen LogP contribution is 2.29. The Morgan fingerprint density at radius 3 is 2.78 bits per heavy atom. The van der Waals surface area contributed by atoms with Crippen LogP contribution in [0.5, 0.6) is 0 Å². The van der Waals surface area contributed by atoms with E-state index in [0.29, 0.717) is 12.6 Å². The number of guanidine groups is 1. The molecule has 0 radical (unpaired) electrons. The number of nitrogens with zero attached hydrogens (tertiary/aromatic N) is 1. The fraction of sp³-hybridized carbons (Fsp3) is 0.769. The number of unbranched alkanes of at least 4 members (excludes halogenated alkanes) is 1. The molecule has 5 nitrogen and oxygen atoms in total. The number of hydrogen-bond acceptors (Lipinski definition) is 5. The average molecular weight is 254 g/mol. The number of hydrogen-bond donors (Lipinski definition) is 3. The van der Waals surface area contributed by atoms with Crippen molar-refractivity contribution in [2.45, 2.75) is 45.2 Å². The van der Waals surface area contributed by atoms with Crippen LogP contribution in [0.3, 0.4) is 0 Å². The Morgan fingerprint density at radius 1 is 1.50 bits per heavy atom. The fourth-order valence-electron chi connectivity index (χ4n) is 2.38. The second kappa shape index (κ2) is 6.75. The summed E-state index contributed by atoms with van der Waals surface area (Å²) in [7, 11) is 1.71. The van der Waals surface area contributed by atoms with Crippen molar-refractivity contribution in [1.29, 1.82) is 0 Å². The molecule has 18 heavy (non-hydrogen) atoms. The third-order valence-electron chi connectivity index (χ3n) is 3.32. The van der Waals surface area contributed by atoms with Gasteiger partial charge in [-0.3, -0.25) is 0 Å². The van der Waals surface area contributed by atoms with Gasteiger partial charge in [-0.2, -0.15) is 0 Å². The second-order valence-electron chi connectivity index (χ2n) is 4.96. The van der Waals surface area contributed by atoms with Crippen molar-refractivity contribution in [2.24, 2.45) is 22.4 Å². The third kappa shape index (κ3) is 3.99. The molecule has 1 aliphatic rings. The molecule has 1 heterocycles. The normalized spacial score (nSPS) is 25.1. The van der Waals surface area contributed by atoms with E-state index in [1.807, 2.05) is 13.0 Å². The van der Waals surface area contributed by atoms with Gasteiger partial charge < -0.3 is 21.5 Å². The Balaban J connectivity index is 2.83. The lowest BCUT2D eigenvalue weighted by Crippen LogP contribution is -2.51. The summed E-state index contributed by atoms with van der Waals surface area (Å²) >= 11 is 0. The van der Waals surface area contributed by atoms with Crippen LogP contribution in [-0.4, -0.2) is 25.3 Å². The highest BCUT2D eigenvalue weighted by Gasteiger charge is 2.34. The molecule has 5 heteroatoms.